The molecule has 1 heterocycles. The van der Waals surface area contributed by atoms with Crippen LogP contribution in [0.2, 0.25) is 5.02 Å². The molecule has 1 N–H and O–H groups in total. The maximum Gasteiger partial charge on any atom is 0.255 e. The number of hydrogen-bond donors (Lipinski definition) is 1. The second-order valence-corrected chi connectivity index (χ2v) is 7.86. The van der Waals surface area contributed by atoms with Crippen LogP contribution >= 0.6 is 22.9 Å². The van der Waals surface area contributed by atoms with E-state index in [1.165, 1.54) is 16.2 Å². The third-order valence-electron chi connectivity index (χ3n) is 3.57. The van der Waals surface area contributed by atoms with Crippen molar-refractivity contribution in [3.8, 4) is 0 Å². The first-order valence-electron chi connectivity index (χ1n) is 8.13. The van der Waals surface area contributed by atoms with Crippen molar-refractivity contribution in [2.75, 3.05) is 18.4 Å². The average Bonchev–Trinajstić information content (AvgIpc) is 2.96. The van der Waals surface area contributed by atoms with Crippen LogP contribution in [0.15, 0.2) is 30.5 Å². The number of rotatable bonds is 7. The van der Waals surface area contributed by atoms with Crippen LogP contribution < -0.4 is 5.32 Å². The van der Waals surface area contributed by atoms with Crippen molar-refractivity contribution in [2.45, 2.75) is 27.2 Å². The summed E-state index contributed by atoms with van der Waals surface area (Å²) in [7, 11) is 0. The van der Waals surface area contributed by atoms with E-state index in [4.69, 9.17) is 11.6 Å². The molecule has 7 heteroatoms. The number of aromatic nitrogens is 1. The summed E-state index contributed by atoms with van der Waals surface area (Å²) >= 11 is 7.54. The Kier molecular flexibility index (Phi) is 6.96. The van der Waals surface area contributed by atoms with Crippen LogP contribution in [0.3, 0.4) is 0 Å². The Hall–Kier alpha value is -1.92. The number of aryl methyl sites for hydroxylation is 1. The molecule has 2 rings (SSSR count). The summed E-state index contributed by atoms with van der Waals surface area (Å²) in [6.45, 7) is 6.54. The fourth-order valence-corrected chi connectivity index (χ4v) is 3.11. The van der Waals surface area contributed by atoms with Crippen LogP contribution in [0.25, 0.3) is 0 Å². The largest absolute Gasteiger partial charge is 0.329 e. The van der Waals surface area contributed by atoms with E-state index in [-0.39, 0.29) is 18.4 Å². The minimum Gasteiger partial charge on any atom is -0.329 e. The molecule has 0 aliphatic rings. The molecule has 134 valence electrons. The molecule has 0 spiro atoms. The fourth-order valence-electron chi connectivity index (χ4n) is 2.22. The summed E-state index contributed by atoms with van der Waals surface area (Å²) in [5.74, 6) is -0.0820. The van der Waals surface area contributed by atoms with Gasteiger partial charge in [0.05, 0.1) is 10.6 Å². The van der Waals surface area contributed by atoms with Gasteiger partial charge in [-0.25, -0.2) is 4.98 Å². The Labute approximate surface area is 157 Å². The molecule has 1 aromatic carbocycles. The van der Waals surface area contributed by atoms with Gasteiger partial charge in [0.2, 0.25) is 5.91 Å². The minimum absolute atomic E-state index is 0.0323. The highest BCUT2D eigenvalue weighted by molar-refractivity contribution is 7.15. The Bertz CT molecular complexity index is 745. The monoisotopic (exact) mass is 379 g/mol. The van der Waals surface area contributed by atoms with Gasteiger partial charge in [0.25, 0.3) is 5.91 Å². The fraction of sp³-hybridized carbons (Fsp3) is 0.389. The van der Waals surface area contributed by atoms with Gasteiger partial charge in [0, 0.05) is 17.6 Å². The van der Waals surface area contributed by atoms with Crippen LogP contribution in [-0.2, 0) is 4.79 Å². The highest BCUT2D eigenvalue weighted by atomic mass is 35.5. The molecule has 1 aromatic heterocycles. The van der Waals surface area contributed by atoms with Gasteiger partial charge in [-0.2, -0.15) is 0 Å². The normalized spacial score (nSPS) is 10.8. The first-order chi connectivity index (χ1) is 11.9. The lowest BCUT2D eigenvalue weighted by atomic mass is 10.1. The Morgan fingerprint density at radius 3 is 2.64 bits per heavy atom. The SMILES string of the molecule is Cc1cnc(NC(=O)CN(CCC(C)C)C(=O)c2ccccc2Cl)s1. The number of halogens is 1. The van der Waals surface area contributed by atoms with Crippen LogP contribution in [0.4, 0.5) is 5.13 Å². The summed E-state index contributed by atoms with van der Waals surface area (Å²) in [6.07, 6.45) is 2.51. The first-order valence-corrected chi connectivity index (χ1v) is 9.32. The molecule has 0 radical (unpaired) electrons. The highest BCUT2D eigenvalue weighted by Crippen LogP contribution is 2.19. The van der Waals surface area contributed by atoms with Gasteiger partial charge in [-0.1, -0.05) is 37.6 Å². The van der Waals surface area contributed by atoms with Crippen molar-refractivity contribution in [3.63, 3.8) is 0 Å². The lowest BCUT2D eigenvalue weighted by Gasteiger charge is -2.23. The number of nitrogens with one attached hydrogen (secondary N) is 1. The van der Waals surface area contributed by atoms with Gasteiger partial charge in [0.1, 0.15) is 6.54 Å². The molecule has 0 saturated carbocycles. The van der Waals surface area contributed by atoms with Gasteiger partial charge in [-0.15, -0.1) is 11.3 Å². The molecule has 0 unspecified atom stereocenters. The van der Waals surface area contributed by atoms with Crippen LogP contribution in [0, 0.1) is 12.8 Å². The smallest absolute Gasteiger partial charge is 0.255 e. The zero-order chi connectivity index (χ0) is 18.4. The van der Waals surface area contributed by atoms with Gasteiger partial charge in [-0.3, -0.25) is 9.59 Å². The van der Waals surface area contributed by atoms with E-state index in [1.54, 1.807) is 30.5 Å². The number of benzene rings is 1. The molecule has 25 heavy (non-hydrogen) atoms. The molecule has 2 aromatic rings. The van der Waals surface area contributed by atoms with Gasteiger partial charge in [0.15, 0.2) is 5.13 Å². The Morgan fingerprint density at radius 2 is 2.04 bits per heavy atom. The van der Waals surface area contributed by atoms with Crippen molar-refractivity contribution < 1.29 is 9.59 Å². The number of nitrogens with zero attached hydrogens (tertiary/aromatic N) is 2. The van der Waals surface area contributed by atoms with E-state index < -0.39 is 0 Å². The summed E-state index contributed by atoms with van der Waals surface area (Å²) in [6, 6.07) is 6.89. The van der Waals surface area contributed by atoms with E-state index in [0.717, 1.165) is 11.3 Å². The van der Waals surface area contributed by atoms with Crippen molar-refractivity contribution in [1.29, 1.82) is 0 Å². The molecular formula is C18H22ClN3O2S. The van der Waals surface area contributed by atoms with E-state index in [9.17, 15) is 9.59 Å². The molecule has 0 fully saturated rings. The standard InChI is InChI=1S/C18H22ClN3O2S/c1-12(2)8-9-22(17(24)14-6-4-5-7-15(14)19)11-16(23)21-18-20-10-13(3)25-18/h4-7,10,12H,8-9,11H2,1-3H3,(H,20,21,23). The van der Waals surface area contributed by atoms with E-state index in [2.05, 4.69) is 24.1 Å². The van der Waals surface area contributed by atoms with Crippen LogP contribution in [0.1, 0.15) is 35.5 Å². The number of thiazole rings is 1. The lowest BCUT2D eigenvalue weighted by molar-refractivity contribution is -0.116. The quantitative estimate of drug-likeness (QED) is 0.782. The minimum atomic E-state index is -0.265. The third-order valence-corrected chi connectivity index (χ3v) is 4.73. The second kappa shape index (κ2) is 8.97. The maximum absolute atomic E-state index is 12.8. The predicted molar refractivity (Wildman–Crippen MR) is 102 cm³/mol. The van der Waals surface area contributed by atoms with E-state index in [1.807, 2.05) is 6.92 Å². The number of carbonyl (C=O) groups excluding carboxylic acids is 2. The molecular weight excluding hydrogens is 358 g/mol. The maximum atomic E-state index is 12.8. The lowest BCUT2D eigenvalue weighted by Crippen LogP contribution is -2.39. The number of amides is 2. The molecule has 5 nitrogen and oxygen atoms in total. The number of hydrogen-bond acceptors (Lipinski definition) is 4. The molecule has 0 aliphatic heterocycles. The zero-order valence-electron chi connectivity index (χ0n) is 14.6. The van der Waals surface area contributed by atoms with Crippen molar-refractivity contribution in [2.24, 2.45) is 5.92 Å². The van der Waals surface area contributed by atoms with Crippen molar-refractivity contribution in [3.05, 3.63) is 45.9 Å². The Balaban J connectivity index is 2.10. The Morgan fingerprint density at radius 1 is 1.32 bits per heavy atom. The summed E-state index contributed by atoms with van der Waals surface area (Å²) in [5, 5.41) is 3.67. The predicted octanol–water partition coefficient (Wildman–Crippen LogP) is 4.23. The molecule has 0 bridgehead atoms. The van der Waals surface area contributed by atoms with E-state index in [0.29, 0.717) is 28.2 Å². The molecule has 2 amide bonds. The summed E-state index contributed by atoms with van der Waals surface area (Å²) < 4.78 is 0. The van der Waals surface area contributed by atoms with Crippen molar-refractivity contribution in [1.82, 2.24) is 9.88 Å². The summed E-state index contributed by atoms with van der Waals surface area (Å²) in [5.41, 5.74) is 0.408. The second-order valence-electron chi connectivity index (χ2n) is 6.21. The third kappa shape index (κ3) is 5.83. The van der Waals surface area contributed by atoms with Crippen molar-refractivity contribution >= 4 is 39.9 Å². The zero-order valence-corrected chi connectivity index (χ0v) is 16.2. The van der Waals surface area contributed by atoms with Gasteiger partial charge < -0.3 is 10.2 Å². The summed E-state index contributed by atoms with van der Waals surface area (Å²) in [4.78, 5) is 31.8. The first kappa shape index (κ1) is 19.4. The van der Waals surface area contributed by atoms with Crippen LogP contribution in [0.5, 0.6) is 0 Å². The number of carbonyl (C=O) groups is 2. The van der Waals surface area contributed by atoms with E-state index >= 15 is 0 Å². The molecule has 0 aliphatic carbocycles. The molecule has 0 saturated heterocycles. The molecule has 0 atom stereocenters. The van der Waals surface area contributed by atoms with Gasteiger partial charge >= 0.3 is 0 Å². The highest BCUT2D eigenvalue weighted by Gasteiger charge is 2.21. The topological polar surface area (TPSA) is 62.3 Å². The average molecular weight is 380 g/mol. The van der Waals surface area contributed by atoms with Gasteiger partial charge in [-0.05, 0) is 31.4 Å². The number of anilines is 1. The van der Waals surface area contributed by atoms with Crippen LogP contribution in [-0.4, -0.2) is 34.8 Å².